The fraction of sp³-hybridized carbons (Fsp3) is 0.400. The maximum absolute atomic E-state index is 12.8. The van der Waals surface area contributed by atoms with Crippen molar-refractivity contribution in [2.24, 2.45) is 7.05 Å². The van der Waals surface area contributed by atoms with Crippen LogP contribution in [0.5, 0.6) is 0 Å². The molecule has 3 aromatic rings. The van der Waals surface area contributed by atoms with Gasteiger partial charge in [0, 0.05) is 18.4 Å². The number of nitrogens with zero attached hydrogens (tertiary/aromatic N) is 4. The number of fused-ring (bicyclic) bond motifs is 1. The molecule has 7 nitrogen and oxygen atoms in total. The molecule has 0 bridgehead atoms. The second-order valence-electron chi connectivity index (χ2n) is 6.75. The lowest BCUT2D eigenvalue weighted by Crippen LogP contribution is -2.40. The molecule has 148 valence electrons. The normalized spacial score (nSPS) is 12.1. The molecule has 2 aromatic heterocycles. The fourth-order valence-corrected chi connectivity index (χ4v) is 3.57. The van der Waals surface area contributed by atoms with E-state index in [4.69, 9.17) is 0 Å². The summed E-state index contributed by atoms with van der Waals surface area (Å²) in [4.78, 5) is 26.3. The fourth-order valence-electron chi connectivity index (χ4n) is 3.09. The average Bonchev–Trinajstić information content (AvgIpc) is 2.98. The van der Waals surface area contributed by atoms with Crippen LogP contribution in [0, 0.1) is 13.8 Å². The molecular weight excluding hydrogens is 372 g/mol. The molecule has 0 aliphatic carbocycles. The van der Waals surface area contributed by atoms with Crippen LogP contribution in [-0.2, 0) is 18.4 Å². The monoisotopic (exact) mass is 398 g/mol. The van der Waals surface area contributed by atoms with Crippen LogP contribution in [0.1, 0.15) is 23.6 Å². The highest BCUT2D eigenvalue weighted by molar-refractivity contribution is 7.98. The van der Waals surface area contributed by atoms with Gasteiger partial charge in [0.2, 0.25) is 11.9 Å². The van der Waals surface area contributed by atoms with Crippen molar-refractivity contribution in [3.63, 3.8) is 0 Å². The van der Waals surface area contributed by atoms with Crippen molar-refractivity contribution in [2.45, 2.75) is 32.9 Å². The zero-order valence-corrected chi connectivity index (χ0v) is 17.5. The third kappa shape index (κ3) is 4.81. The lowest BCUT2D eigenvalue weighted by atomic mass is 10.2. The number of hydrogen-bond donors (Lipinski definition) is 2. The van der Waals surface area contributed by atoms with Gasteiger partial charge >= 0.3 is 0 Å². The summed E-state index contributed by atoms with van der Waals surface area (Å²) in [6.07, 6.45) is 2.72. The van der Waals surface area contributed by atoms with Crippen LogP contribution < -0.4 is 10.6 Å². The maximum Gasteiger partial charge on any atom is 0.242 e. The van der Waals surface area contributed by atoms with Crippen LogP contribution in [0.15, 0.2) is 30.3 Å². The summed E-state index contributed by atoms with van der Waals surface area (Å²) in [5.74, 6) is 2.09. The molecule has 2 heterocycles. The van der Waals surface area contributed by atoms with E-state index in [1.807, 2.05) is 62.0 Å². The highest BCUT2D eigenvalue weighted by Crippen LogP contribution is 2.14. The number of hydrogen-bond acceptors (Lipinski definition) is 6. The van der Waals surface area contributed by atoms with Gasteiger partial charge in [0.15, 0.2) is 0 Å². The summed E-state index contributed by atoms with van der Waals surface area (Å²) in [6, 6.07) is 9.45. The molecule has 28 heavy (non-hydrogen) atoms. The summed E-state index contributed by atoms with van der Waals surface area (Å²) in [7, 11) is 1.96. The molecule has 2 N–H and O–H groups in total. The number of nitrogens with one attached hydrogen (secondary N) is 2. The lowest BCUT2D eigenvalue weighted by Gasteiger charge is -2.18. The number of rotatable bonds is 8. The van der Waals surface area contributed by atoms with Crippen molar-refractivity contribution < 1.29 is 4.79 Å². The third-order valence-electron chi connectivity index (χ3n) is 4.51. The third-order valence-corrected chi connectivity index (χ3v) is 5.16. The summed E-state index contributed by atoms with van der Waals surface area (Å²) in [5, 5.41) is 6.21. The number of aromatic nitrogens is 4. The van der Waals surface area contributed by atoms with E-state index in [1.54, 1.807) is 11.8 Å². The number of aryl methyl sites for hydroxylation is 3. The van der Waals surface area contributed by atoms with E-state index < -0.39 is 6.04 Å². The van der Waals surface area contributed by atoms with Crippen LogP contribution in [0.25, 0.3) is 11.0 Å². The first-order valence-corrected chi connectivity index (χ1v) is 10.6. The minimum Gasteiger partial charge on any atom is -0.347 e. The van der Waals surface area contributed by atoms with Gasteiger partial charge in [-0.2, -0.15) is 11.8 Å². The van der Waals surface area contributed by atoms with E-state index in [0.717, 1.165) is 34.0 Å². The molecule has 8 heteroatoms. The number of anilines is 1. The Bertz CT molecular complexity index is 950. The second-order valence-corrected chi connectivity index (χ2v) is 7.73. The Kier molecular flexibility index (Phi) is 6.51. The number of amides is 1. The predicted molar refractivity (Wildman–Crippen MR) is 114 cm³/mol. The topological polar surface area (TPSA) is 84.7 Å². The van der Waals surface area contributed by atoms with Crippen molar-refractivity contribution in [3.8, 4) is 0 Å². The molecule has 0 aliphatic rings. The molecule has 0 fully saturated rings. The van der Waals surface area contributed by atoms with Gasteiger partial charge in [0.1, 0.15) is 11.9 Å². The Labute approximate surface area is 169 Å². The molecular formula is C20H26N6OS. The first-order chi connectivity index (χ1) is 13.5. The molecule has 1 aromatic carbocycles. The average molecular weight is 399 g/mol. The van der Waals surface area contributed by atoms with E-state index >= 15 is 0 Å². The number of benzene rings is 1. The standard InChI is InChI=1S/C20H26N6OS/c1-13-11-14(2)23-20(22-13)25-16(9-10-28-4)19(27)21-12-18-24-15-7-5-6-8-17(15)26(18)3/h5-8,11,16H,9-10,12H2,1-4H3,(H,21,27)(H,22,23,25)/t16-/m0/s1. The number of carbonyl (C=O) groups is 1. The Morgan fingerprint density at radius 3 is 2.57 bits per heavy atom. The Morgan fingerprint density at radius 1 is 1.18 bits per heavy atom. The van der Waals surface area contributed by atoms with Crippen LogP contribution in [0.3, 0.4) is 0 Å². The van der Waals surface area contributed by atoms with Crippen molar-refractivity contribution in [2.75, 3.05) is 17.3 Å². The quantitative estimate of drug-likeness (QED) is 0.607. The number of imidazole rings is 1. The van der Waals surface area contributed by atoms with Crippen LogP contribution in [0.4, 0.5) is 5.95 Å². The first kappa shape index (κ1) is 20.1. The molecule has 0 unspecified atom stereocenters. The van der Waals surface area contributed by atoms with Crippen LogP contribution >= 0.6 is 11.8 Å². The van der Waals surface area contributed by atoms with Gasteiger partial charge in [-0.1, -0.05) is 12.1 Å². The van der Waals surface area contributed by atoms with E-state index in [1.165, 1.54) is 0 Å². The van der Waals surface area contributed by atoms with Gasteiger partial charge in [-0.3, -0.25) is 4.79 Å². The summed E-state index contributed by atoms with van der Waals surface area (Å²) in [6.45, 7) is 4.21. The maximum atomic E-state index is 12.8. The van der Waals surface area contributed by atoms with E-state index in [9.17, 15) is 4.79 Å². The van der Waals surface area contributed by atoms with Crippen LogP contribution in [0.2, 0.25) is 0 Å². The van der Waals surface area contributed by atoms with E-state index in [0.29, 0.717) is 18.9 Å². The minimum absolute atomic E-state index is 0.0798. The number of carbonyl (C=O) groups excluding carboxylic acids is 1. The predicted octanol–water partition coefficient (Wildman–Crippen LogP) is 2.83. The molecule has 1 amide bonds. The lowest BCUT2D eigenvalue weighted by molar-refractivity contribution is -0.122. The van der Waals surface area contributed by atoms with Crippen molar-refractivity contribution in [3.05, 3.63) is 47.5 Å². The van der Waals surface area contributed by atoms with Crippen molar-refractivity contribution in [1.82, 2.24) is 24.8 Å². The summed E-state index contributed by atoms with van der Waals surface area (Å²) >= 11 is 1.71. The van der Waals surface area contributed by atoms with Gasteiger partial charge in [0.05, 0.1) is 17.6 Å². The highest BCUT2D eigenvalue weighted by atomic mass is 32.2. The first-order valence-electron chi connectivity index (χ1n) is 9.23. The molecule has 0 radical (unpaired) electrons. The zero-order chi connectivity index (χ0) is 20.1. The summed E-state index contributed by atoms with van der Waals surface area (Å²) in [5.41, 5.74) is 3.72. The largest absolute Gasteiger partial charge is 0.347 e. The van der Waals surface area contributed by atoms with Crippen LogP contribution in [-0.4, -0.2) is 43.5 Å². The number of para-hydroxylation sites is 2. The molecule has 1 atom stereocenters. The smallest absolute Gasteiger partial charge is 0.242 e. The molecule has 3 rings (SSSR count). The van der Waals surface area contributed by atoms with Gasteiger partial charge < -0.3 is 15.2 Å². The summed E-state index contributed by atoms with van der Waals surface area (Å²) < 4.78 is 2.01. The highest BCUT2D eigenvalue weighted by Gasteiger charge is 2.20. The molecule has 0 aliphatic heterocycles. The molecule has 0 saturated heterocycles. The SMILES string of the molecule is CSCC[C@H](Nc1nc(C)cc(C)n1)C(=O)NCc1nc2ccccc2n1C. The van der Waals surface area contributed by atoms with E-state index in [-0.39, 0.29) is 5.91 Å². The number of thioether (sulfide) groups is 1. The second kappa shape index (κ2) is 9.05. The van der Waals surface area contributed by atoms with Gasteiger partial charge in [-0.15, -0.1) is 0 Å². The van der Waals surface area contributed by atoms with Gasteiger partial charge in [0.25, 0.3) is 0 Å². The molecule has 0 saturated carbocycles. The van der Waals surface area contributed by atoms with Gasteiger partial charge in [-0.25, -0.2) is 15.0 Å². The molecule has 0 spiro atoms. The zero-order valence-electron chi connectivity index (χ0n) is 16.7. The Morgan fingerprint density at radius 2 is 1.89 bits per heavy atom. The van der Waals surface area contributed by atoms with E-state index in [2.05, 4.69) is 25.6 Å². The minimum atomic E-state index is -0.400. The Balaban J connectivity index is 1.70. The van der Waals surface area contributed by atoms with Gasteiger partial charge in [-0.05, 0) is 50.5 Å². The van der Waals surface area contributed by atoms with Crippen molar-refractivity contribution in [1.29, 1.82) is 0 Å². The Hall–Kier alpha value is -2.61. The van der Waals surface area contributed by atoms with Crippen molar-refractivity contribution >= 4 is 34.7 Å².